The van der Waals surface area contributed by atoms with Crippen LogP contribution in [0.3, 0.4) is 0 Å². The zero-order valence-corrected chi connectivity index (χ0v) is 9.54. The van der Waals surface area contributed by atoms with Gasteiger partial charge in [-0.15, -0.1) is 0 Å². The molecule has 0 atom stereocenters. The van der Waals surface area contributed by atoms with Gasteiger partial charge < -0.3 is 14.6 Å². The van der Waals surface area contributed by atoms with Crippen LogP contribution in [0.15, 0.2) is 16.5 Å². The number of carbonyl (C=O) groups excluding carboxylic acids is 1. The van der Waals surface area contributed by atoms with Gasteiger partial charge in [0.25, 0.3) is 5.91 Å². The van der Waals surface area contributed by atoms with Crippen LogP contribution in [0.25, 0.3) is 0 Å². The van der Waals surface area contributed by atoms with E-state index in [1.54, 1.807) is 6.07 Å². The number of carbonyl (C=O) groups is 1. The molecule has 0 unspecified atom stereocenters. The molecular formula is C11H18N2O2. The van der Waals surface area contributed by atoms with Crippen LogP contribution in [0.1, 0.15) is 23.2 Å². The lowest BCUT2D eigenvalue weighted by Gasteiger charge is -2.09. The summed E-state index contributed by atoms with van der Waals surface area (Å²) in [5.41, 5.74) is 0. The van der Waals surface area contributed by atoms with Gasteiger partial charge in [0, 0.05) is 19.5 Å². The molecule has 0 aliphatic heterocycles. The second-order valence-corrected chi connectivity index (χ2v) is 3.68. The monoisotopic (exact) mass is 210 g/mol. The van der Waals surface area contributed by atoms with Crippen LogP contribution >= 0.6 is 0 Å². The summed E-state index contributed by atoms with van der Waals surface area (Å²) in [6.07, 6.45) is 0.810. The van der Waals surface area contributed by atoms with Crippen molar-refractivity contribution in [2.24, 2.45) is 0 Å². The SMILES string of the molecule is CCc1ccc(C(=O)NCCN(C)C)o1. The van der Waals surface area contributed by atoms with E-state index in [0.717, 1.165) is 18.7 Å². The summed E-state index contributed by atoms with van der Waals surface area (Å²) in [4.78, 5) is 13.5. The Hall–Kier alpha value is -1.29. The molecule has 1 heterocycles. The minimum absolute atomic E-state index is 0.142. The number of furan rings is 1. The average molecular weight is 210 g/mol. The van der Waals surface area contributed by atoms with Crippen LogP contribution in [0.4, 0.5) is 0 Å². The maximum atomic E-state index is 11.5. The molecule has 15 heavy (non-hydrogen) atoms. The first kappa shape index (κ1) is 11.8. The minimum Gasteiger partial charge on any atom is -0.456 e. The van der Waals surface area contributed by atoms with Crippen LogP contribution in [0.5, 0.6) is 0 Å². The lowest BCUT2D eigenvalue weighted by Crippen LogP contribution is -2.31. The topological polar surface area (TPSA) is 45.5 Å². The first-order chi connectivity index (χ1) is 7.13. The highest BCUT2D eigenvalue weighted by Crippen LogP contribution is 2.07. The standard InChI is InChI=1S/C11H18N2O2/c1-4-9-5-6-10(15-9)11(14)12-7-8-13(2)3/h5-6H,4,7-8H2,1-3H3,(H,12,14). The van der Waals surface area contributed by atoms with Gasteiger partial charge in [-0.3, -0.25) is 4.79 Å². The first-order valence-electron chi connectivity index (χ1n) is 5.15. The van der Waals surface area contributed by atoms with E-state index in [-0.39, 0.29) is 5.91 Å². The molecule has 1 N–H and O–H groups in total. The Morgan fingerprint density at radius 1 is 1.47 bits per heavy atom. The van der Waals surface area contributed by atoms with E-state index in [0.29, 0.717) is 12.3 Å². The number of aryl methyl sites for hydroxylation is 1. The summed E-state index contributed by atoms with van der Waals surface area (Å²) in [7, 11) is 3.93. The number of amides is 1. The molecule has 0 radical (unpaired) electrons. The third-order valence-corrected chi connectivity index (χ3v) is 2.08. The van der Waals surface area contributed by atoms with Crippen molar-refractivity contribution < 1.29 is 9.21 Å². The zero-order chi connectivity index (χ0) is 11.3. The summed E-state index contributed by atoms with van der Waals surface area (Å²) in [6.45, 7) is 3.45. The third kappa shape index (κ3) is 3.75. The fourth-order valence-corrected chi connectivity index (χ4v) is 1.17. The van der Waals surface area contributed by atoms with Crippen molar-refractivity contribution in [1.82, 2.24) is 10.2 Å². The van der Waals surface area contributed by atoms with Gasteiger partial charge in [0.15, 0.2) is 5.76 Å². The third-order valence-electron chi connectivity index (χ3n) is 2.08. The Bertz CT molecular complexity index is 318. The molecule has 0 bridgehead atoms. The first-order valence-corrected chi connectivity index (χ1v) is 5.15. The van der Waals surface area contributed by atoms with Gasteiger partial charge in [0.05, 0.1) is 0 Å². The normalized spacial score (nSPS) is 10.7. The summed E-state index contributed by atoms with van der Waals surface area (Å²) in [6, 6.07) is 3.55. The summed E-state index contributed by atoms with van der Waals surface area (Å²) in [5, 5.41) is 2.79. The zero-order valence-electron chi connectivity index (χ0n) is 9.54. The van der Waals surface area contributed by atoms with Gasteiger partial charge in [0.2, 0.25) is 0 Å². The summed E-state index contributed by atoms with van der Waals surface area (Å²) >= 11 is 0. The highest BCUT2D eigenvalue weighted by molar-refractivity contribution is 5.91. The molecule has 0 aliphatic carbocycles. The molecule has 0 fully saturated rings. The Morgan fingerprint density at radius 2 is 2.20 bits per heavy atom. The quantitative estimate of drug-likeness (QED) is 0.792. The Morgan fingerprint density at radius 3 is 2.73 bits per heavy atom. The molecule has 4 nitrogen and oxygen atoms in total. The van der Waals surface area contributed by atoms with Crippen LogP contribution in [-0.4, -0.2) is 38.0 Å². The van der Waals surface area contributed by atoms with Gasteiger partial charge in [-0.25, -0.2) is 0 Å². The van der Waals surface area contributed by atoms with E-state index in [9.17, 15) is 4.79 Å². The second-order valence-electron chi connectivity index (χ2n) is 3.68. The molecule has 0 aliphatic rings. The number of nitrogens with zero attached hydrogens (tertiary/aromatic N) is 1. The molecule has 0 saturated heterocycles. The van der Waals surface area contributed by atoms with Gasteiger partial charge in [-0.1, -0.05) is 6.92 Å². The van der Waals surface area contributed by atoms with E-state index in [1.807, 2.05) is 32.0 Å². The van der Waals surface area contributed by atoms with E-state index >= 15 is 0 Å². The maximum Gasteiger partial charge on any atom is 0.287 e. The lowest BCUT2D eigenvalue weighted by molar-refractivity contribution is 0.0921. The molecule has 0 spiro atoms. The molecule has 1 aromatic rings. The van der Waals surface area contributed by atoms with E-state index in [4.69, 9.17) is 4.42 Å². The predicted molar refractivity (Wildman–Crippen MR) is 59.0 cm³/mol. The highest BCUT2D eigenvalue weighted by Gasteiger charge is 2.09. The van der Waals surface area contributed by atoms with Gasteiger partial charge in [-0.05, 0) is 26.2 Å². The number of nitrogens with one attached hydrogen (secondary N) is 1. The molecular weight excluding hydrogens is 192 g/mol. The molecule has 1 amide bonds. The van der Waals surface area contributed by atoms with Crippen molar-refractivity contribution in [1.29, 1.82) is 0 Å². The average Bonchev–Trinajstić information content (AvgIpc) is 2.65. The molecule has 4 heteroatoms. The van der Waals surface area contributed by atoms with Crippen LogP contribution in [0, 0.1) is 0 Å². The largest absolute Gasteiger partial charge is 0.456 e. The van der Waals surface area contributed by atoms with Crippen LogP contribution < -0.4 is 5.32 Å². The van der Waals surface area contributed by atoms with Crippen molar-refractivity contribution in [3.8, 4) is 0 Å². The Balaban J connectivity index is 2.40. The second kappa shape index (κ2) is 5.56. The lowest BCUT2D eigenvalue weighted by atomic mass is 10.3. The predicted octanol–water partition coefficient (Wildman–Crippen LogP) is 1.13. The van der Waals surface area contributed by atoms with Crippen LogP contribution in [0.2, 0.25) is 0 Å². The Kier molecular flexibility index (Phi) is 4.37. The smallest absolute Gasteiger partial charge is 0.287 e. The van der Waals surface area contributed by atoms with Crippen LogP contribution in [-0.2, 0) is 6.42 Å². The number of rotatable bonds is 5. The molecule has 0 aromatic carbocycles. The summed E-state index contributed by atoms with van der Waals surface area (Å²) in [5.74, 6) is 1.09. The molecule has 84 valence electrons. The number of likely N-dealkylation sites (N-methyl/N-ethyl adjacent to an activating group) is 1. The molecule has 0 saturated carbocycles. The van der Waals surface area contributed by atoms with E-state index in [1.165, 1.54) is 0 Å². The van der Waals surface area contributed by atoms with E-state index < -0.39 is 0 Å². The minimum atomic E-state index is -0.142. The maximum absolute atomic E-state index is 11.5. The fraction of sp³-hybridized carbons (Fsp3) is 0.545. The highest BCUT2D eigenvalue weighted by atomic mass is 16.3. The van der Waals surface area contributed by atoms with Crippen molar-refractivity contribution >= 4 is 5.91 Å². The van der Waals surface area contributed by atoms with Gasteiger partial charge in [-0.2, -0.15) is 0 Å². The molecule has 1 aromatic heterocycles. The van der Waals surface area contributed by atoms with Gasteiger partial charge >= 0.3 is 0 Å². The number of hydrogen-bond donors (Lipinski definition) is 1. The van der Waals surface area contributed by atoms with Gasteiger partial charge in [0.1, 0.15) is 5.76 Å². The Labute approximate surface area is 90.3 Å². The fourth-order valence-electron chi connectivity index (χ4n) is 1.17. The number of hydrogen-bond acceptors (Lipinski definition) is 3. The molecule has 1 rings (SSSR count). The summed E-state index contributed by atoms with van der Waals surface area (Å²) < 4.78 is 5.33. The van der Waals surface area contributed by atoms with Crippen molar-refractivity contribution in [3.05, 3.63) is 23.7 Å². The van der Waals surface area contributed by atoms with Crippen molar-refractivity contribution in [2.45, 2.75) is 13.3 Å². The van der Waals surface area contributed by atoms with Crippen molar-refractivity contribution in [3.63, 3.8) is 0 Å². The van der Waals surface area contributed by atoms with Crippen molar-refractivity contribution in [2.75, 3.05) is 27.2 Å². The van der Waals surface area contributed by atoms with E-state index in [2.05, 4.69) is 5.32 Å².